The summed E-state index contributed by atoms with van der Waals surface area (Å²) in [4.78, 5) is 0. The minimum Gasteiger partial charge on any atom is -0.390 e. The molecule has 2 aromatic rings. The number of rotatable bonds is 4. The molecule has 0 amide bonds. The number of hydrogen-bond donors (Lipinski definition) is 3. The molecule has 8 heteroatoms. The molecule has 136 valence electrons. The Kier molecular flexibility index (Phi) is 4.86. The predicted octanol–water partition coefficient (Wildman–Crippen LogP) is 1.81. The SMILES string of the molecule is Cn1cc(CN[C@H]2[C@H](O)[C@H](O)C[C@@H]2c2ccc(C(F)(F)F)cc2)cn1. The Morgan fingerprint density at radius 3 is 2.48 bits per heavy atom. The molecule has 0 bridgehead atoms. The van der Waals surface area contributed by atoms with E-state index in [1.54, 1.807) is 17.9 Å². The molecule has 1 aromatic carbocycles. The first-order chi connectivity index (χ1) is 11.8. The van der Waals surface area contributed by atoms with Gasteiger partial charge in [-0.05, 0) is 24.1 Å². The fraction of sp³-hybridized carbons (Fsp3) is 0.471. The van der Waals surface area contributed by atoms with Gasteiger partial charge in [0.1, 0.15) is 0 Å². The zero-order valence-electron chi connectivity index (χ0n) is 13.6. The number of benzene rings is 1. The Bertz CT molecular complexity index is 715. The predicted molar refractivity (Wildman–Crippen MR) is 84.7 cm³/mol. The summed E-state index contributed by atoms with van der Waals surface area (Å²) in [7, 11) is 1.79. The first-order valence-corrected chi connectivity index (χ1v) is 8.00. The molecule has 1 aliphatic rings. The van der Waals surface area contributed by atoms with Gasteiger partial charge in [-0.3, -0.25) is 4.68 Å². The standard InChI is InChI=1S/C17H20F3N3O2/c1-23-9-10(8-22-23)7-21-15-13(6-14(24)16(15)25)11-2-4-12(5-3-11)17(18,19)20/h2-5,8-9,13-16,21,24-25H,6-7H2,1H3/t13-,14-,15-,16-/m1/s1. The number of aliphatic hydroxyl groups excluding tert-OH is 2. The fourth-order valence-corrected chi connectivity index (χ4v) is 3.35. The molecule has 0 spiro atoms. The lowest BCUT2D eigenvalue weighted by Crippen LogP contribution is -2.41. The Morgan fingerprint density at radius 2 is 1.92 bits per heavy atom. The van der Waals surface area contributed by atoms with E-state index in [0.29, 0.717) is 12.1 Å². The molecular formula is C17H20F3N3O2. The average Bonchev–Trinajstić information content (AvgIpc) is 3.09. The van der Waals surface area contributed by atoms with Crippen LogP contribution in [0.5, 0.6) is 0 Å². The molecule has 1 saturated carbocycles. The molecule has 1 aromatic heterocycles. The van der Waals surface area contributed by atoms with Crippen molar-refractivity contribution in [1.29, 1.82) is 0 Å². The quantitative estimate of drug-likeness (QED) is 0.782. The summed E-state index contributed by atoms with van der Waals surface area (Å²) in [5.74, 6) is -0.274. The molecule has 0 saturated heterocycles. The van der Waals surface area contributed by atoms with E-state index < -0.39 is 30.0 Å². The third-order valence-corrected chi connectivity index (χ3v) is 4.66. The normalized spacial score (nSPS) is 27.0. The second-order valence-corrected chi connectivity index (χ2v) is 6.45. The van der Waals surface area contributed by atoms with Crippen molar-refractivity contribution in [2.45, 2.75) is 43.3 Å². The van der Waals surface area contributed by atoms with Gasteiger partial charge < -0.3 is 15.5 Å². The van der Waals surface area contributed by atoms with Crippen molar-refractivity contribution in [3.05, 3.63) is 53.3 Å². The van der Waals surface area contributed by atoms with E-state index in [4.69, 9.17) is 0 Å². The van der Waals surface area contributed by atoms with Crippen LogP contribution >= 0.6 is 0 Å². The topological polar surface area (TPSA) is 70.3 Å². The molecule has 0 aliphatic heterocycles. The van der Waals surface area contributed by atoms with E-state index in [1.165, 1.54) is 12.1 Å². The Balaban J connectivity index is 1.76. The lowest BCUT2D eigenvalue weighted by Gasteiger charge is -2.24. The van der Waals surface area contributed by atoms with E-state index in [9.17, 15) is 23.4 Å². The van der Waals surface area contributed by atoms with Gasteiger partial charge in [0.05, 0.1) is 24.0 Å². The third-order valence-electron chi connectivity index (χ3n) is 4.66. The van der Waals surface area contributed by atoms with Crippen LogP contribution in [0.4, 0.5) is 13.2 Å². The second kappa shape index (κ2) is 6.78. The van der Waals surface area contributed by atoms with Crippen LogP contribution < -0.4 is 5.32 Å². The lowest BCUT2D eigenvalue weighted by atomic mass is 9.92. The Hall–Kier alpha value is -1.90. The van der Waals surface area contributed by atoms with E-state index in [2.05, 4.69) is 10.4 Å². The minimum atomic E-state index is -4.38. The molecule has 5 nitrogen and oxygen atoms in total. The van der Waals surface area contributed by atoms with E-state index in [1.807, 2.05) is 6.20 Å². The van der Waals surface area contributed by atoms with Gasteiger partial charge in [-0.1, -0.05) is 12.1 Å². The highest BCUT2D eigenvalue weighted by Gasteiger charge is 2.42. The molecule has 3 rings (SSSR count). The summed E-state index contributed by atoms with van der Waals surface area (Å²) in [6.07, 6.45) is -2.47. The highest BCUT2D eigenvalue weighted by molar-refractivity contribution is 5.30. The van der Waals surface area contributed by atoms with Crippen molar-refractivity contribution in [3.8, 4) is 0 Å². The number of aromatic nitrogens is 2. The van der Waals surface area contributed by atoms with Crippen LogP contribution in [-0.2, 0) is 19.8 Å². The smallest absolute Gasteiger partial charge is 0.390 e. The van der Waals surface area contributed by atoms with E-state index in [0.717, 1.165) is 17.7 Å². The summed E-state index contributed by atoms with van der Waals surface area (Å²) in [6.45, 7) is 0.444. The first-order valence-electron chi connectivity index (χ1n) is 8.00. The van der Waals surface area contributed by atoms with Crippen molar-refractivity contribution >= 4 is 0 Å². The van der Waals surface area contributed by atoms with Crippen molar-refractivity contribution in [2.24, 2.45) is 7.05 Å². The van der Waals surface area contributed by atoms with Gasteiger partial charge in [0.2, 0.25) is 0 Å². The van der Waals surface area contributed by atoms with Gasteiger partial charge in [0.15, 0.2) is 0 Å². The highest BCUT2D eigenvalue weighted by Crippen LogP contribution is 2.37. The van der Waals surface area contributed by atoms with Crippen LogP contribution in [0.2, 0.25) is 0 Å². The Morgan fingerprint density at radius 1 is 1.24 bits per heavy atom. The van der Waals surface area contributed by atoms with Gasteiger partial charge in [-0.2, -0.15) is 18.3 Å². The third kappa shape index (κ3) is 3.86. The first kappa shape index (κ1) is 17.9. The van der Waals surface area contributed by atoms with Crippen LogP contribution in [0.1, 0.15) is 29.0 Å². The van der Waals surface area contributed by atoms with E-state index >= 15 is 0 Å². The van der Waals surface area contributed by atoms with Crippen LogP contribution in [0.15, 0.2) is 36.7 Å². The van der Waals surface area contributed by atoms with Gasteiger partial charge in [-0.15, -0.1) is 0 Å². The van der Waals surface area contributed by atoms with Crippen LogP contribution in [0.25, 0.3) is 0 Å². The molecule has 25 heavy (non-hydrogen) atoms. The summed E-state index contributed by atoms with van der Waals surface area (Å²) in [5.41, 5.74) is 0.866. The average molecular weight is 355 g/mol. The number of aliphatic hydroxyl groups is 2. The molecule has 0 radical (unpaired) electrons. The molecule has 3 N–H and O–H groups in total. The highest BCUT2D eigenvalue weighted by atomic mass is 19.4. The van der Waals surface area contributed by atoms with Crippen molar-refractivity contribution in [1.82, 2.24) is 15.1 Å². The largest absolute Gasteiger partial charge is 0.416 e. The van der Waals surface area contributed by atoms with Crippen molar-refractivity contribution < 1.29 is 23.4 Å². The van der Waals surface area contributed by atoms with Crippen LogP contribution in [-0.4, -0.2) is 38.2 Å². The number of halogens is 3. The monoisotopic (exact) mass is 355 g/mol. The zero-order chi connectivity index (χ0) is 18.2. The number of alkyl halides is 3. The number of hydrogen-bond acceptors (Lipinski definition) is 4. The molecule has 0 unspecified atom stereocenters. The molecule has 1 aliphatic carbocycles. The maximum atomic E-state index is 12.7. The fourth-order valence-electron chi connectivity index (χ4n) is 3.35. The minimum absolute atomic E-state index is 0.274. The van der Waals surface area contributed by atoms with Crippen LogP contribution in [0, 0.1) is 0 Å². The maximum absolute atomic E-state index is 12.7. The summed E-state index contributed by atoms with van der Waals surface area (Å²) < 4.78 is 39.8. The van der Waals surface area contributed by atoms with E-state index in [-0.39, 0.29) is 12.3 Å². The summed E-state index contributed by atoms with van der Waals surface area (Å²) >= 11 is 0. The van der Waals surface area contributed by atoms with Gasteiger partial charge in [-0.25, -0.2) is 0 Å². The van der Waals surface area contributed by atoms with Gasteiger partial charge in [0.25, 0.3) is 0 Å². The number of nitrogens with one attached hydrogen (secondary N) is 1. The van der Waals surface area contributed by atoms with Gasteiger partial charge >= 0.3 is 6.18 Å². The molecule has 4 atom stereocenters. The number of nitrogens with zero attached hydrogens (tertiary/aromatic N) is 2. The zero-order valence-corrected chi connectivity index (χ0v) is 13.6. The molecular weight excluding hydrogens is 335 g/mol. The second-order valence-electron chi connectivity index (χ2n) is 6.45. The summed E-state index contributed by atoms with van der Waals surface area (Å²) in [5, 5.41) is 27.5. The van der Waals surface area contributed by atoms with Crippen molar-refractivity contribution in [3.63, 3.8) is 0 Å². The maximum Gasteiger partial charge on any atom is 0.416 e. The van der Waals surface area contributed by atoms with Crippen LogP contribution in [0.3, 0.4) is 0 Å². The molecule has 1 fully saturated rings. The number of aryl methyl sites for hydroxylation is 1. The molecule has 1 heterocycles. The van der Waals surface area contributed by atoms with Gasteiger partial charge in [0, 0.05) is 37.3 Å². The van der Waals surface area contributed by atoms with Crippen molar-refractivity contribution in [2.75, 3.05) is 0 Å². The summed E-state index contributed by atoms with van der Waals surface area (Å²) in [6, 6.07) is 4.44. The lowest BCUT2D eigenvalue weighted by molar-refractivity contribution is -0.137. The Labute approximate surface area is 143 Å².